The van der Waals surface area contributed by atoms with Crippen LogP contribution >= 0.6 is 0 Å². The third-order valence-electron chi connectivity index (χ3n) is 2.79. The Morgan fingerprint density at radius 3 is 2.78 bits per heavy atom. The maximum Gasteiger partial charge on any atom is 0.302 e. The van der Waals surface area contributed by atoms with Crippen LogP contribution in [0.15, 0.2) is 24.4 Å². The van der Waals surface area contributed by atoms with Crippen molar-refractivity contribution in [2.24, 2.45) is 0 Å². The van der Waals surface area contributed by atoms with Crippen molar-refractivity contribution in [1.82, 2.24) is 9.88 Å². The van der Waals surface area contributed by atoms with E-state index in [1.165, 1.54) is 12.5 Å². The minimum absolute atomic E-state index is 0.253. The Morgan fingerprint density at radius 1 is 1.33 bits per heavy atom. The lowest BCUT2D eigenvalue weighted by Crippen LogP contribution is -2.10. The van der Waals surface area contributed by atoms with Gasteiger partial charge >= 0.3 is 5.97 Å². The van der Waals surface area contributed by atoms with Crippen LogP contribution in [0.4, 0.5) is 0 Å². The Labute approximate surface area is 107 Å². The summed E-state index contributed by atoms with van der Waals surface area (Å²) in [5, 5.41) is 1.16. The highest BCUT2D eigenvalue weighted by atomic mass is 16.5. The van der Waals surface area contributed by atoms with Crippen molar-refractivity contribution in [2.45, 2.75) is 20.1 Å². The smallest absolute Gasteiger partial charge is 0.302 e. The van der Waals surface area contributed by atoms with E-state index in [1.54, 1.807) is 0 Å². The zero-order chi connectivity index (χ0) is 13.1. The Bertz CT molecular complexity index is 558. The first-order chi connectivity index (χ1) is 8.58. The summed E-state index contributed by atoms with van der Waals surface area (Å²) < 4.78 is 5.10. The molecule has 2 rings (SSSR count). The molecule has 0 aliphatic carbocycles. The number of aromatic nitrogens is 1. The van der Waals surface area contributed by atoms with Crippen LogP contribution in [0.2, 0.25) is 0 Å². The van der Waals surface area contributed by atoms with Crippen LogP contribution in [0.1, 0.15) is 18.1 Å². The molecule has 1 aromatic carbocycles. The van der Waals surface area contributed by atoms with E-state index >= 15 is 0 Å². The summed E-state index contributed by atoms with van der Waals surface area (Å²) in [5.41, 5.74) is 3.34. The van der Waals surface area contributed by atoms with Crippen molar-refractivity contribution < 1.29 is 9.53 Å². The van der Waals surface area contributed by atoms with Crippen molar-refractivity contribution in [2.75, 3.05) is 14.1 Å². The average Bonchev–Trinajstić information content (AvgIpc) is 2.69. The van der Waals surface area contributed by atoms with Crippen molar-refractivity contribution in [3.05, 3.63) is 35.5 Å². The van der Waals surface area contributed by atoms with Gasteiger partial charge in [0.2, 0.25) is 0 Å². The minimum Gasteiger partial charge on any atom is -0.461 e. The SMILES string of the molecule is CC(=O)OCc1cccc2[nH]cc(CN(C)C)c12. The Balaban J connectivity index is 2.38. The van der Waals surface area contributed by atoms with Crippen LogP contribution in [-0.2, 0) is 22.7 Å². The number of H-pyrrole nitrogens is 1. The van der Waals surface area contributed by atoms with Crippen molar-refractivity contribution in [1.29, 1.82) is 0 Å². The number of carbonyl (C=O) groups excluding carboxylic acids is 1. The molecule has 4 nitrogen and oxygen atoms in total. The fourth-order valence-electron chi connectivity index (χ4n) is 2.10. The molecule has 0 aliphatic rings. The molecule has 0 radical (unpaired) electrons. The number of aromatic amines is 1. The van der Waals surface area contributed by atoms with Gasteiger partial charge in [0.05, 0.1) is 0 Å². The van der Waals surface area contributed by atoms with Crippen LogP contribution in [0.25, 0.3) is 10.9 Å². The third kappa shape index (κ3) is 2.71. The highest BCUT2D eigenvalue weighted by molar-refractivity contribution is 5.86. The van der Waals surface area contributed by atoms with Gasteiger partial charge in [-0.25, -0.2) is 0 Å². The predicted molar refractivity (Wildman–Crippen MR) is 71.2 cm³/mol. The maximum atomic E-state index is 10.9. The molecule has 96 valence electrons. The van der Waals surface area contributed by atoms with E-state index in [0.717, 1.165) is 23.0 Å². The zero-order valence-electron chi connectivity index (χ0n) is 11.0. The Hall–Kier alpha value is -1.81. The number of hydrogen-bond donors (Lipinski definition) is 1. The quantitative estimate of drug-likeness (QED) is 0.842. The lowest BCUT2D eigenvalue weighted by Gasteiger charge is -2.10. The molecule has 0 amide bonds. The molecular formula is C14H18N2O2. The van der Waals surface area contributed by atoms with E-state index < -0.39 is 0 Å². The lowest BCUT2D eigenvalue weighted by molar-refractivity contribution is -0.142. The molecular weight excluding hydrogens is 228 g/mol. The van der Waals surface area contributed by atoms with Gasteiger partial charge in [-0.1, -0.05) is 12.1 Å². The van der Waals surface area contributed by atoms with Crippen molar-refractivity contribution in [3.63, 3.8) is 0 Å². The van der Waals surface area contributed by atoms with Gasteiger partial charge in [0.25, 0.3) is 0 Å². The van der Waals surface area contributed by atoms with Gasteiger partial charge in [-0.3, -0.25) is 4.79 Å². The number of benzene rings is 1. The zero-order valence-corrected chi connectivity index (χ0v) is 11.0. The maximum absolute atomic E-state index is 10.9. The van der Waals surface area contributed by atoms with E-state index in [1.807, 2.05) is 38.5 Å². The fraction of sp³-hybridized carbons (Fsp3) is 0.357. The molecule has 0 atom stereocenters. The number of esters is 1. The summed E-state index contributed by atoms with van der Waals surface area (Å²) in [6, 6.07) is 6.00. The molecule has 0 saturated carbocycles. The number of rotatable bonds is 4. The molecule has 1 aromatic heterocycles. The summed E-state index contributed by atoms with van der Waals surface area (Å²) in [6.07, 6.45) is 2.02. The minimum atomic E-state index is -0.253. The number of ether oxygens (including phenoxy) is 1. The predicted octanol–water partition coefficient (Wildman–Crippen LogP) is 2.29. The molecule has 2 aromatic rings. The molecule has 0 bridgehead atoms. The molecule has 0 fully saturated rings. The fourth-order valence-corrected chi connectivity index (χ4v) is 2.10. The first-order valence-electron chi connectivity index (χ1n) is 5.94. The standard InChI is InChI=1S/C14H18N2O2/c1-10(17)18-9-11-5-4-6-13-14(11)12(7-15-13)8-16(2)3/h4-7,15H,8-9H2,1-3H3. The van der Waals surface area contributed by atoms with Gasteiger partial charge in [-0.2, -0.15) is 0 Å². The van der Waals surface area contributed by atoms with Crippen LogP contribution < -0.4 is 0 Å². The molecule has 1 N–H and O–H groups in total. The number of fused-ring (bicyclic) bond motifs is 1. The van der Waals surface area contributed by atoms with Gasteiger partial charge < -0.3 is 14.6 Å². The average molecular weight is 246 g/mol. The largest absolute Gasteiger partial charge is 0.461 e. The summed E-state index contributed by atoms with van der Waals surface area (Å²) in [4.78, 5) is 16.3. The van der Waals surface area contributed by atoms with Gasteiger partial charge in [0.15, 0.2) is 0 Å². The Morgan fingerprint density at radius 2 is 2.11 bits per heavy atom. The van der Waals surface area contributed by atoms with E-state index in [4.69, 9.17) is 4.74 Å². The molecule has 1 heterocycles. The topological polar surface area (TPSA) is 45.3 Å². The highest BCUT2D eigenvalue weighted by Crippen LogP contribution is 2.24. The van der Waals surface area contributed by atoms with Crippen molar-refractivity contribution >= 4 is 16.9 Å². The van der Waals surface area contributed by atoms with Crippen LogP contribution in [0.3, 0.4) is 0 Å². The number of nitrogens with zero attached hydrogens (tertiary/aromatic N) is 1. The number of carbonyl (C=O) groups is 1. The van der Waals surface area contributed by atoms with Gasteiger partial charge in [0, 0.05) is 30.6 Å². The summed E-state index contributed by atoms with van der Waals surface area (Å²) in [7, 11) is 4.07. The van der Waals surface area contributed by atoms with Crippen molar-refractivity contribution in [3.8, 4) is 0 Å². The van der Waals surface area contributed by atoms with Gasteiger partial charge in [0.1, 0.15) is 6.61 Å². The number of hydrogen-bond acceptors (Lipinski definition) is 3. The second-order valence-corrected chi connectivity index (χ2v) is 4.67. The summed E-state index contributed by atoms with van der Waals surface area (Å²) >= 11 is 0. The normalized spacial score (nSPS) is 11.1. The molecule has 0 saturated heterocycles. The van der Waals surface area contributed by atoms with Gasteiger partial charge in [-0.15, -0.1) is 0 Å². The highest BCUT2D eigenvalue weighted by Gasteiger charge is 2.10. The molecule has 0 aliphatic heterocycles. The molecule has 0 spiro atoms. The molecule has 0 unspecified atom stereocenters. The summed E-state index contributed by atoms with van der Waals surface area (Å²) in [6.45, 7) is 2.61. The van der Waals surface area contributed by atoms with E-state index in [9.17, 15) is 4.79 Å². The second-order valence-electron chi connectivity index (χ2n) is 4.67. The van der Waals surface area contributed by atoms with Crippen LogP contribution in [-0.4, -0.2) is 29.9 Å². The first-order valence-corrected chi connectivity index (χ1v) is 5.94. The molecule has 4 heteroatoms. The summed E-state index contributed by atoms with van der Waals surface area (Å²) in [5.74, 6) is -0.253. The van der Waals surface area contributed by atoms with E-state index in [0.29, 0.717) is 6.61 Å². The second kappa shape index (κ2) is 5.23. The number of nitrogens with one attached hydrogen (secondary N) is 1. The lowest BCUT2D eigenvalue weighted by atomic mass is 10.1. The van der Waals surface area contributed by atoms with Crippen LogP contribution in [0.5, 0.6) is 0 Å². The van der Waals surface area contributed by atoms with E-state index in [2.05, 4.69) is 9.88 Å². The van der Waals surface area contributed by atoms with E-state index in [-0.39, 0.29) is 5.97 Å². The Kier molecular flexibility index (Phi) is 3.67. The first kappa shape index (κ1) is 12.6. The van der Waals surface area contributed by atoms with Crippen LogP contribution in [0, 0.1) is 0 Å². The molecule has 18 heavy (non-hydrogen) atoms. The monoisotopic (exact) mass is 246 g/mol. The third-order valence-corrected chi connectivity index (χ3v) is 2.79. The van der Waals surface area contributed by atoms with Gasteiger partial charge in [-0.05, 0) is 31.3 Å².